The molecule has 0 aromatic rings. The number of hydrogen-bond donors (Lipinski definition) is 2. The minimum atomic E-state index is -1.21. The number of esters is 1. The van der Waals surface area contributed by atoms with E-state index in [1.807, 2.05) is 0 Å². The number of nitrogens with two attached hydrogens (primary N) is 1. The molecule has 1 heterocycles. The maximum atomic E-state index is 11.1. The summed E-state index contributed by atoms with van der Waals surface area (Å²) in [7, 11) is 0. The zero-order chi connectivity index (χ0) is 10.7. The molecule has 0 saturated carbocycles. The Labute approximate surface area is 79.4 Å². The van der Waals surface area contributed by atoms with E-state index in [0.717, 1.165) is 4.90 Å². The van der Waals surface area contributed by atoms with Gasteiger partial charge in [0, 0.05) is 6.54 Å². The molecule has 1 aliphatic rings. The van der Waals surface area contributed by atoms with Crippen LogP contribution in [0.4, 0.5) is 0 Å². The summed E-state index contributed by atoms with van der Waals surface area (Å²) >= 11 is 0. The van der Waals surface area contributed by atoms with Crippen LogP contribution in [0.25, 0.3) is 0 Å². The maximum Gasteiger partial charge on any atom is 0.326 e. The summed E-state index contributed by atoms with van der Waals surface area (Å²) in [6, 6.07) is -1.18. The van der Waals surface area contributed by atoms with Crippen molar-refractivity contribution in [2.75, 3.05) is 19.7 Å². The average molecular weight is 202 g/mol. The lowest BCUT2D eigenvalue weighted by Gasteiger charge is -2.26. The Bertz CT molecular complexity index is 277. The van der Waals surface area contributed by atoms with Crippen LogP contribution < -0.4 is 5.73 Å². The Kier molecular flexibility index (Phi) is 3.03. The molecule has 1 rings (SSSR count). The zero-order valence-corrected chi connectivity index (χ0v) is 7.30. The second kappa shape index (κ2) is 4.05. The molecule has 0 aliphatic carbocycles. The van der Waals surface area contributed by atoms with Crippen molar-refractivity contribution in [2.45, 2.75) is 6.04 Å². The van der Waals surface area contributed by atoms with E-state index in [0.29, 0.717) is 0 Å². The minimum absolute atomic E-state index is 0.177. The van der Waals surface area contributed by atoms with Crippen LogP contribution in [-0.4, -0.2) is 53.6 Å². The smallest absolute Gasteiger partial charge is 0.326 e. The second-order valence-corrected chi connectivity index (χ2v) is 2.88. The van der Waals surface area contributed by atoms with Gasteiger partial charge >= 0.3 is 11.9 Å². The minimum Gasteiger partial charge on any atom is -0.480 e. The summed E-state index contributed by atoms with van der Waals surface area (Å²) in [5.41, 5.74) is 5.21. The number of nitrogens with zero attached hydrogens (tertiary/aromatic N) is 1. The number of amides is 1. The first-order valence-electron chi connectivity index (χ1n) is 3.92. The monoisotopic (exact) mass is 202 g/mol. The first-order valence-corrected chi connectivity index (χ1v) is 3.92. The predicted molar refractivity (Wildman–Crippen MR) is 43.2 cm³/mol. The highest BCUT2D eigenvalue weighted by atomic mass is 16.5. The van der Waals surface area contributed by atoms with Crippen LogP contribution in [0.3, 0.4) is 0 Å². The van der Waals surface area contributed by atoms with E-state index in [9.17, 15) is 14.4 Å². The molecular formula is C7H10N2O5. The fraction of sp³-hybridized carbons (Fsp3) is 0.571. The number of hydrogen-bond acceptors (Lipinski definition) is 5. The molecule has 1 saturated heterocycles. The van der Waals surface area contributed by atoms with Gasteiger partial charge in [0.1, 0.15) is 12.6 Å². The van der Waals surface area contributed by atoms with Gasteiger partial charge in [-0.25, -0.2) is 0 Å². The van der Waals surface area contributed by atoms with Crippen LogP contribution in [0.1, 0.15) is 0 Å². The van der Waals surface area contributed by atoms with E-state index in [4.69, 9.17) is 10.8 Å². The highest BCUT2D eigenvalue weighted by molar-refractivity contribution is 5.88. The van der Waals surface area contributed by atoms with Gasteiger partial charge in [-0.2, -0.15) is 0 Å². The van der Waals surface area contributed by atoms with Crippen LogP contribution in [0, 0.1) is 0 Å². The standard InChI is InChI=1S/C7H10N2O5/c8-4(7(12)13)1-9-2-6(11)14-3-5(9)10/h4H,1-3,8H2,(H,12,13). The molecule has 1 atom stereocenters. The van der Waals surface area contributed by atoms with Gasteiger partial charge in [-0.15, -0.1) is 0 Å². The van der Waals surface area contributed by atoms with Crippen molar-refractivity contribution >= 4 is 17.8 Å². The van der Waals surface area contributed by atoms with Crippen LogP contribution >= 0.6 is 0 Å². The Balaban J connectivity index is 2.53. The number of carboxylic acids is 1. The van der Waals surface area contributed by atoms with Crippen molar-refractivity contribution in [3.8, 4) is 0 Å². The first-order chi connectivity index (χ1) is 6.50. The van der Waals surface area contributed by atoms with Crippen molar-refractivity contribution < 1.29 is 24.2 Å². The van der Waals surface area contributed by atoms with Gasteiger partial charge < -0.3 is 20.5 Å². The molecule has 78 valence electrons. The van der Waals surface area contributed by atoms with Gasteiger partial charge in [-0.1, -0.05) is 0 Å². The van der Waals surface area contributed by atoms with Crippen molar-refractivity contribution in [2.24, 2.45) is 5.73 Å². The predicted octanol–water partition coefficient (Wildman–Crippen LogP) is -2.22. The number of carboxylic acid groups (broad SMARTS) is 1. The molecule has 1 aliphatic heterocycles. The van der Waals surface area contributed by atoms with Crippen molar-refractivity contribution in [1.29, 1.82) is 0 Å². The van der Waals surface area contributed by atoms with Crippen LogP contribution in [0.5, 0.6) is 0 Å². The number of carbonyl (C=O) groups is 3. The fourth-order valence-corrected chi connectivity index (χ4v) is 1.01. The molecular weight excluding hydrogens is 192 g/mol. The normalized spacial score (nSPS) is 19.1. The highest BCUT2D eigenvalue weighted by Crippen LogP contribution is 2.00. The number of morpholine rings is 1. The van der Waals surface area contributed by atoms with Gasteiger partial charge in [-0.05, 0) is 0 Å². The Morgan fingerprint density at radius 3 is 2.86 bits per heavy atom. The Morgan fingerprint density at radius 1 is 1.64 bits per heavy atom. The second-order valence-electron chi connectivity index (χ2n) is 2.88. The third-order valence-electron chi connectivity index (χ3n) is 1.76. The lowest BCUT2D eigenvalue weighted by atomic mass is 10.2. The number of aliphatic carboxylic acids is 1. The molecule has 3 N–H and O–H groups in total. The molecule has 1 amide bonds. The summed E-state index contributed by atoms with van der Waals surface area (Å²) in [6.45, 7) is -0.756. The lowest BCUT2D eigenvalue weighted by Crippen LogP contribution is -2.51. The number of rotatable bonds is 3. The molecule has 1 fully saturated rings. The number of cyclic esters (lactones) is 1. The SMILES string of the molecule is NC(CN1CC(=O)OCC1=O)C(=O)O. The van der Waals surface area contributed by atoms with Crippen molar-refractivity contribution in [3.63, 3.8) is 0 Å². The van der Waals surface area contributed by atoms with E-state index in [-0.39, 0.29) is 19.7 Å². The molecule has 0 aromatic carbocycles. The molecule has 0 aromatic heterocycles. The van der Waals surface area contributed by atoms with E-state index >= 15 is 0 Å². The number of carbonyl (C=O) groups excluding carboxylic acids is 2. The Hall–Kier alpha value is -1.63. The summed E-state index contributed by atoms with van der Waals surface area (Å²) in [4.78, 5) is 33.3. The van der Waals surface area contributed by atoms with E-state index in [1.54, 1.807) is 0 Å². The lowest BCUT2D eigenvalue weighted by molar-refractivity contribution is -0.163. The summed E-state index contributed by atoms with van der Waals surface area (Å²) < 4.78 is 4.44. The average Bonchev–Trinajstić information content (AvgIpc) is 2.11. The van der Waals surface area contributed by atoms with E-state index in [2.05, 4.69) is 4.74 Å². The molecule has 0 radical (unpaired) electrons. The quantitative estimate of drug-likeness (QED) is 0.502. The first kappa shape index (κ1) is 10.5. The van der Waals surface area contributed by atoms with Gasteiger partial charge in [0.25, 0.3) is 5.91 Å². The van der Waals surface area contributed by atoms with Crippen LogP contribution in [-0.2, 0) is 19.1 Å². The Morgan fingerprint density at radius 2 is 2.29 bits per heavy atom. The van der Waals surface area contributed by atoms with E-state index in [1.165, 1.54) is 0 Å². The van der Waals surface area contributed by atoms with Gasteiger partial charge in [0.2, 0.25) is 0 Å². The highest BCUT2D eigenvalue weighted by Gasteiger charge is 2.27. The summed E-state index contributed by atoms with van der Waals surface area (Å²) in [5.74, 6) is -2.19. The molecule has 1 unspecified atom stereocenters. The zero-order valence-electron chi connectivity index (χ0n) is 7.30. The van der Waals surface area contributed by atoms with Crippen LogP contribution in [0.15, 0.2) is 0 Å². The fourth-order valence-electron chi connectivity index (χ4n) is 1.01. The molecule has 14 heavy (non-hydrogen) atoms. The van der Waals surface area contributed by atoms with E-state index < -0.39 is 23.9 Å². The summed E-state index contributed by atoms with van der Waals surface area (Å²) in [5, 5.41) is 8.49. The summed E-state index contributed by atoms with van der Waals surface area (Å²) in [6.07, 6.45) is 0. The van der Waals surface area contributed by atoms with Gasteiger partial charge in [0.15, 0.2) is 6.61 Å². The maximum absolute atomic E-state index is 11.1. The topological polar surface area (TPSA) is 110 Å². The van der Waals surface area contributed by atoms with Gasteiger partial charge in [0.05, 0.1) is 0 Å². The third-order valence-corrected chi connectivity index (χ3v) is 1.76. The molecule has 0 bridgehead atoms. The molecule has 7 nitrogen and oxygen atoms in total. The molecule has 7 heteroatoms. The molecule has 0 spiro atoms. The van der Waals surface area contributed by atoms with Crippen LogP contribution in [0.2, 0.25) is 0 Å². The van der Waals surface area contributed by atoms with Crippen molar-refractivity contribution in [3.05, 3.63) is 0 Å². The largest absolute Gasteiger partial charge is 0.480 e. The number of ether oxygens (including phenoxy) is 1. The van der Waals surface area contributed by atoms with Gasteiger partial charge in [-0.3, -0.25) is 14.4 Å². The van der Waals surface area contributed by atoms with Crippen molar-refractivity contribution in [1.82, 2.24) is 4.90 Å². The third kappa shape index (κ3) is 2.43.